The largest absolute Gasteiger partial charge is 0.454 e. The average Bonchev–Trinajstić information content (AvgIpc) is 3.87. The second-order valence-corrected chi connectivity index (χ2v) is 17.9. The maximum Gasteiger partial charge on any atom is 0.158 e. The zero-order valence-corrected chi connectivity index (χ0v) is 38.3. The van der Waals surface area contributed by atoms with Gasteiger partial charge in [0.15, 0.2) is 11.2 Å². The topological polar surface area (TPSA) is 80.3 Å². The number of aryl methyl sites for hydroxylation is 4. The third-order valence-electron chi connectivity index (χ3n) is 14.2. The van der Waals surface area contributed by atoms with Gasteiger partial charge in [0.1, 0.15) is 28.9 Å². The van der Waals surface area contributed by atoms with Crippen LogP contribution in [0, 0.1) is 78.1 Å². The molecule has 2 aromatic heterocycles. The van der Waals surface area contributed by atoms with Crippen molar-refractivity contribution in [2.24, 2.45) is 0 Å². The van der Waals surface area contributed by atoms with Crippen molar-refractivity contribution >= 4 is 99.5 Å². The van der Waals surface area contributed by atoms with Crippen LogP contribution in [0.5, 0.6) is 0 Å². The minimum atomic E-state index is 0.271. The molecule has 66 heavy (non-hydrogen) atoms. The third-order valence-corrected chi connectivity index (χ3v) is 14.2. The molecule has 0 aliphatic carbocycles. The lowest BCUT2D eigenvalue weighted by Crippen LogP contribution is -2.13. The van der Waals surface area contributed by atoms with E-state index in [0.29, 0.717) is 38.7 Å². The van der Waals surface area contributed by atoms with Crippen LogP contribution in [0.25, 0.3) is 65.4 Å². The highest BCUT2D eigenvalue weighted by Gasteiger charge is 2.27. The molecule has 11 aromatic rings. The van der Waals surface area contributed by atoms with Gasteiger partial charge in [0.25, 0.3) is 0 Å². The van der Waals surface area contributed by atoms with Gasteiger partial charge < -0.3 is 18.6 Å². The molecule has 0 atom stereocenters. The van der Waals surface area contributed by atoms with E-state index in [1.54, 1.807) is 0 Å². The minimum Gasteiger partial charge on any atom is -0.454 e. The van der Waals surface area contributed by atoms with Crippen LogP contribution >= 0.6 is 0 Å². The molecule has 0 unspecified atom stereocenters. The van der Waals surface area contributed by atoms with Crippen molar-refractivity contribution in [3.8, 4) is 12.1 Å². The molecular formula is C60H46N4O2. The summed E-state index contributed by atoms with van der Waals surface area (Å²) in [4.78, 5) is 4.68. The van der Waals surface area contributed by atoms with Crippen LogP contribution in [0.1, 0.15) is 55.6 Å². The second-order valence-electron chi connectivity index (χ2n) is 17.9. The zero-order valence-electron chi connectivity index (χ0n) is 38.3. The van der Waals surface area contributed by atoms with E-state index in [2.05, 4.69) is 199 Å². The van der Waals surface area contributed by atoms with Gasteiger partial charge >= 0.3 is 0 Å². The molecule has 0 aliphatic heterocycles. The first-order chi connectivity index (χ1) is 31.9. The van der Waals surface area contributed by atoms with Crippen LogP contribution in [-0.2, 0) is 0 Å². The van der Waals surface area contributed by atoms with Crippen molar-refractivity contribution in [2.45, 2.75) is 55.4 Å². The molecule has 0 spiro atoms. The van der Waals surface area contributed by atoms with Crippen molar-refractivity contribution in [2.75, 3.05) is 9.80 Å². The second kappa shape index (κ2) is 15.2. The molecule has 0 saturated carbocycles. The van der Waals surface area contributed by atoms with E-state index >= 15 is 0 Å². The predicted octanol–water partition coefficient (Wildman–Crippen LogP) is 16.9. The van der Waals surface area contributed by atoms with Crippen LogP contribution in [0.3, 0.4) is 0 Å². The maximum absolute atomic E-state index is 11.0. The Morgan fingerprint density at radius 3 is 1.06 bits per heavy atom. The molecule has 11 rings (SSSR count). The van der Waals surface area contributed by atoms with Gasteiger partial charge in [0, 0.05) is 55.7 Å². The first-order valence-electron chi connectivity index (χ1n) is 22.4. The fraction of sp³-hybridized carbons (Fsp3) is 0.133. The summed E-state index contributed by atoms with van der Waals surface area (Å²) in [5.41, 5.74) is 18.8. The summed E-state index contributed by atoms with van der Waals surface area (Å²) in [5.74, 6) is 0. The Kier molecular flexibility index (Phi) is 9.29. The summed E-state index contributed by atoms with van der Waals surface area (Å²) in [6.45, 7) is 17.3. The summed E-state index contributed by atoms with van der Waals surface area (Å²) in [7, 11) is 0. The molecule has 0 amide bonds. The predicted molar refractivity (Wildman–Crippen MR) is 273 cm³/mol. The molecule has 0 radical (unpaired) electrons. The van der Waals surface area contributed by atoms with Gasteiger partial charge in [-0.3, -0.25) is 0 Å². The Balaban J connectivity index is 1.09. The van der Waals surface area contributed by atoms with E-state index in [4.69, 9.17) is 8.83 Å². The average molecular weight is 855 g/mol. The number of hydrogen-bond donors (Lipinski definition) is 0. The van der Waals surface area contributed by atoms with Crippen molar-refractivity contribution in [1.29, 1.82) is 10.5 Å². The van der Waals surface area contributed by atoms with E-state index in [9.17, 15) is 10.5 Å². The van der Waals surface area contributed by atoms with Crippen LogP contribution in [0.4, 0.5) is 34.1 Å². The van der Waals surface area contributed by atoms with Gasteiger partial charge in [-0.1, -0.05) is 60.7 Å². The lowest BCUT2D eigenvalue weighted by Gasteiger charge is -2.30. The quantitative estimate of drug-likeness (QED) is 0.166. The molecule has 0 bridgehead atoms. The van der Waals surface area contributed by atoms with Crippen LogP contribution in [0.2, 0.25) is 0 Å². The standard InChI is InChI=1S/C60H46N4O2/c1-33-13-9-17-51(37(33)5)63(52-18-10-14-34(2)38(52)6)45-23-21-41-27-47-55(29-43(41)25-45)65-59-50(32-62)60-58(49(31-61)57(47)59)48-28-42-22-24-46(26-44(42)30-56(48)66-60)64(53-19-11-15-35(3)39(53)7)54-20-12-16-36(4)40(54)8/h9-30H,1-8H3. The van der Waals surface area contributed by atoms with Gasteiger partial charge in [-0.15, -0.1) is 0 Å². The molecule has 318 valence electrons. The highest BCUT2D eigenvalue weighted by atomic mass is 16.3. The highest BCUT2D eigenvalue weighted by Crippen LogP contribution is 2.47. The Labute approximate surface area is 383 Å². The summed E-state index contributed by atoms with van der Waals surface area (Å²) in [5, 5.41) is 28.6. The SMILES string of the molecule is Cc1cccc(N(c2ccc3cc4c(cc3c2)oc2c(C#N)c3oc5cc6cc(N(c7cccc(C)c7C)c7cccc(C)c7C)ccc6cc5c3c(C#N)c24)c2cccc(C)c2C)c1C. The van der Waals surface area contributed by atoms with Gasteiger partial charge in [-0.05, 0) is 194 Å². The first kappa shape index (κ1) is 40.5. The fourth-order valence-corrected chi connectivity index (χ4v) is 9.95. The molecule has 0 saturated heterocycles. The lowest BCUT2D eigenvalue weighted by atomic mass is 9.96. The van der Waals surface area contributed by atoms with Crippen LogP contribution in [-0.4, -0.2) is 0 Å². The minimum absolute atomic E-state index is 0.271. The van der Waals surface area contributed by atoms with Crippen molar-refractivity contribution < 1.29 is 8.83 Å². The molecule has 0 N–H and O–H groups in total. The summed E-state index contributed by atoms with van der Waals surface area (Å²) in [6.07, 6.45) is 0. The smallest absolute Gasteiger partial charge is 0.158 e. The lowest BCUT2D eigenvalue weighted by molar-refractivity contribution is 0.654. The van der Waals surface area contributed by atoms with E-state index in [1.807, 2.05) is 12.1 Å². The van der Waals surface area contributed by atoms with E-state index in [-0.39, 0.29) is 5.56 Å². The Bertz CT molecular complexity index is 3620. The van der Waals surface area contributed by atoms with E-state index in [0.717, 1.165) is 66.4 Å². The number of rotatable bonds is 6. The van der Waals surface area contributed by atoms with E-state index in [1.165, 1.54) is 44.5 Å². The Morgan fingerprint density at radius 1 is 0.379 bits per heavy atom. The van der Waals surface area contributed by atoms with Gasteiger partial charge in [-0.2, -0.15) is 10.5 Å². The number of furan rings is 2. The van der Waals surface area contributed by atoms with Gasteiger partial charge in [0.05, 0.1) is 5.56 Å². The number of nitriles is 2. The van der Waals surface area contributed by atoms with Crippen LogP contribution < -0.4 is 9.80 Å². The molecule has 2 heterocycles. The monoisotopic (exact) mass is 854 g/mol. The molecule has 0 fully saturated rings. The molecule has 9 aromatic carbocycles. The number of fused-ring (bicyclic) bond motifs is 8. The number of hydrogen-bond acceptors (Lipinski definition) is 6. The number of anilines is 6. The first-order valence-corrected chi connectivity index (χ1v) is 22.4. The normalized spacial score (nSPS) is 11.6. The third kappa shape index (κ3) is 6.06. The number of nitrogens with zero attached hydrogens (tertiary/aromatic N) is 4. The molecule has 6 nitrogen and oxygen atoms in total. The van der Waals surface area contributed by atoms with Crippen molar-refractivity contribution in [3.05, 3.63) is 189 Å². The summed E-state index contributed by atoms with van der Waals surface area (Å²) >= 11 is 0. The van der Waals surface area contributed by atoms with E-state index < -0.39 is 0 Å². The molecule has 0 aliphatic rings. The Morgan fingerprint density at radius 2 is 0.727 bits per heavy atom. The Hall–Kier alpha value is -8.32. The molecule has 6 heteroatoms. The summed E-state index contributed by atoms with van der Waals surface area (Å²) in [6, 6.07) is 51.9. The zero-order chi connectivity index (χ0) is 45.7. The number of benzene rings is 9. The van der Waals surface area contributed by atoms with Gasteiger partial charge in [0.2, 0.25) is 0 Å². The highest BCUT2D eigenvalue weighted by molar-refractivity contribution is 6.24. The van der Waals surface area contributed by atoms with Crippen LogP contribution in [0.15, 0.2) is 142 Å². The fourth-order valence-electron chi connectivity index (χ4n) is 9.95. The summed E-state index contributed by atoms with van der Waals surface area (Å²) < 4.78 is 13.3. The molecular weight excluding hydrogens is 809 g/mol. The van der Waals surface area contributed by atoms with Crippen molar-refractivity contribution in [1.82, 2.24) is 0 Å². The van der Waals surface area contributed by atoms with Gasteiger partial charge in [-0.25, -0.2) is 0 Å². The maximum atomic E-state index is 11.0. The van der Waals surface area contributed by atoms with Crippen molar-refractivity contribution in [3.63, 3.8) is 0 Å².